The third-order valence-electron chi connectivity index (χ3n) is 2.28. The van der Waals surface area contributed by atoms with E-state index in [1.807, 2.05) is 24.3 Å². The molecule has 0 bridgehead atoms. The maximum absolute atomic E-state index is 11.5. The molecule has 1 unspecified atom stereocenters. The molecule has 0 radical (unpaired) electrons. The van der Waals surface area contributed by atoms with E-state index in [0.717, 1.165) is 17.6 Å². The Morgan fingerprint density at radius 2 is 2.21 bits per heavy atom. The van der Waals surface area contributed by atoms with Crippen molar-refractivity contribution in [2.45, 2.75) is 18.9 Å². The second kappa shape index (κ2) is 3.62. The van der Waals surface area contributed by atoms with Crippen LogP contribution < -0.4 is 4.74 Å². The summed E-state index contributed by atoms with van der Waals surface area (Å²) >= 11 is 0. The fraction of sp³-hybridized carbons (Fsp3) is 0.273. The summed E-state index contributed by atoms with van der Waals surface area (Å²) in [6, 6.07) is 7.41. The number of para-hydroxylation sites is 1. The number of benzene rings is 1. The van der Waals surface area contributed by atoms with Gasteiger partial charge in [-0.3, -0.25) is 4.79 Å². The number of hydrogen-bond donors (Lipinski definition) is 0. The molecule has 14 heavy (non-hydrogen) atoms. The fourth-order valence-corrected chi connectivity index (χ4v) is 1.55. The number of carbonyl (C=O) groups is 2. The lowest BCUT2D eigenvalue weighted by molar-refractivity contribution is -0.128. The topological polar surface area (TPSA) is 43.4 Å². The van der Waals surface area contributed by atoms with Crippen LogP contribution in [0, 0.1) is 0 Å². The Kier molecular flexibility index (Phi) is 2.31. The zero-order valence-corrected chi connectivity index (χ0v) is 7.60. The van der Waals surface area contributed by atoms with Crippen LogP contribution in [0.15, 0.2) is 24.3 Å². The number of ether oxygens (including phenoxy) is 1. The highest BCUT2D eigenvalue weighted by Gasteiger charge is 2.26. The van der Waals surface area contributed by atoms with Gasteiger partial charge in [-0.05, 0) is 6.07 Å². The van der Waals surface area contributed by atoms with Crippen LogP contribution in [0.5, 0.6) is 5.75 Å². The van der Waals surface area contributed by atoms with Crippen LogP contribution in [0.25, 0.3) is 0 Å². The van der Waals surface area contributed by atoms with Crippen molar-refractivity contribution in [3.8, 4) is 5.75 Å². The zero-order valence-electron chi connectivity index (χ0n) is 7.60. The lowest BCUT2D eigenvalue weighted by atomic mass is 10.00. The summed E-state index contributed by atoms with van der Waals surface area (Å²) in [6.45, 7) is 0. The van der Waals surface area contributed by atoms with Crippen molar-refractivity contribution in [3.05, 3.63) is 29.8 Å². The first kappa shape index (κ1) is 8.94. The van der Waals surface area contributed by atoms with Gasteiger partial charge in [0.2, 0.25) is 0 Å². The summed E-state index contributed by atoms with van der Waals surface area (Å²) in [7, 11) is 0. The lowest BCUT2D eigenvalue weighted by Crippen LogP contribution is -2.33. The van der Waals surface area contributed by atoms with Gasteiger partial charge in [0.15, 0.2) is 11.9 Å². The molecule has 0 aromatic heterocycles. The van der Waals surface area contributed by atoms with Crippen LogP contribution in [0.2, 0.25) is 0 Å². The van der Waals surface area contributed by atoms with Crippen molar-refractivity contribution in [2.24, 2.45) is 0 Å². The molecule has 0 spiro atoms. The lowest BCUT2D eigenvalue weighted by Gasteiger charge is -2.23. The Balaban J connectivity index is 2.26. The van der Waals surface area contributed by atoms with E-state index in [4.69, 9.17) is 4.74 Å². The number of Topliss-reactive ketones (excluding diaryl/α,β-unsaturated/α-hetero) is 1. The van der Waals surface area contributed by atoms with Crippen LogP contribution in [0.3, 0.4) is 0 Å². The predicted octanol–water partition coefficient (Wildman–Crippen LogP) is 1.15. The van der Waals surface area contributed by atoms with Crippen molar-refractivity contribution < 1.29 is 14.3 Å². The third kappa shape index (κ3) is 1.53. The number of carbonyl (C=O) groups excluding carboxylic acids is 2. The molecule has 0 amide bonds. The van der Waals surface area contributed by atoms with Gasteiger partial charge >= 0.3 is 0 Å². The summed E-state index contributed by atoms with van der Waals surface area (Å²) in [6.07, 6.45) is 0.653. The van der Waals surface area contributed by atoms with Crippen molar-refractivity contribution >= 4 is 12.1 Å². The average Bonchev–Trinajstić information content (AvgIpc) is 2.19. The maximum atomic E-state index is 11.5. The maximum Gasteiger partial charge on any atom is 0.178 e. The molecule has 1 heterocycles. The Morgan fingerprint density at radius 1 is 1.43 bits per heavy atom. The van der Waals surface area contributed by atoms with Gasteiger partial charge in [0, 0.05) is 18.4 Å². The number of aldehydes is 1. The van der Waals surface area contributed by atoms with E-state index in [2.05, 4.69) is 0 Å². The minimum atomic E-state index is -0.581. The van der Waals surface area contributed by atoms with E-state index in [1.165, 1.54) is 0 Å². The molecule has 1 aromatic rings. The Hall–Kier alpha value is -1.64. The molecule has 1 aliphatic rings. The molecule has 0 fully saturated rings. The van der Waals surface area contributed by atoms with E-state index in [9.17, 15) is 9.59 Å². The monoisotopic (exact) mass is 190 g/mol. The van der Waals surface area contributed by atoms with E-state index in [-0.39, 0.29) is 12.2 Å². The van der Waals surface area contributed by atoms with Crippen molar-refractivity contribution in [1.29, 1.82) is 0 Å². The summed E-state index contributed by atoms with van der Waals surface area (Å²) < 4.78 is 5.40. The summed E-state index contributed by atoms with van der Waals surface area (Å²) in [4.78, 5) is 21.8. The largest absolute Gasteiger partial charge is 0.482 e. The summed E-state index contributed by atoms with van der Waals surface area (Å²) in [5, 5.41) is 0. The number of rotatable bonds is 2. The minimum Gasteiger partial charge on any atom is -0.482 e. The van der Waals surface area contributed by atoms with Gasteiger partial charge < -0.3 is 9.53 Å². The molecular weight excluding hydrogens is 180 g/mol. The van der Waals surface area contributed by atoms with Gasteiger partial charge in [0.05, 0.1) is 0 Å². The molecule has 0 N–H and O–H groups in total. The Morgan fingerprint density at radius 3 is 3.00 bits per heavy atom. The van der Waals surface area contributed by atoms with Crippen molar-refractivity contribution in [1.82, 2.24) is 0 Å². The van der Waals surface area contributed by atoms with Crippen LogP contribution in [0.1, 0.15) is 12.0 Å². The molecule has 0 saturated heterocycles. The van der Waals surface area contributed by atoms with Crippen molar-refractivity contribution in [3.63, 3.8) is 0 Å². The molecule has 72 valence electrons. The molecule has 3 nitrogen and oxygen atoms in total. The van der Waals surface area contributed by atoms with Gasteiger partial charge in [-0.25, -0.2) is 0 Å². The molecule has 1 aromatic carbocycles. The van der Waals surface area contributed by atoms with Gasteiger partial charge in [-0.1, -0.05) is 18.2 Å². The predicted molar refractivity (Wildman–Crippen MR) is 50.3 cm³/mol. The highest BCUT2D eigenvalue weighted by atomic mass is 16.5. The smallest absolute Gasteiger partial charge is 0.178 e. The molecular formula is C11H10O3. The second-order valence-corrected chi connectivity index (χ2v) is 3.26. The van der Waals surface area contributed by atoms with E-state index in [1.54, 1.807) is 0 Å². The SMILES string of the molecule is O=CCC1Oc2ccccc2CC1=O. The highest BCUT2D eigenvalue weighted by Crippen LogP contribution is 2.25. The first-order valence-corrected chi connectivity index (χ1v) is 4.52. The molecule has 2 rings (SSSR count). The quantitative estimate of drug-likeness (QED) is 0.657. The van der Waals surface area contributed by atoms with Crippen LogP contribution in [-0.2, 0) is 16.0 Å². The minimum absolute atomic E-state index is 0.0178. The number of ketones is 1. The van der Waals surface area contributed by atoms with Crippen LogP contribution in [0.4, 0.5) is 0 Å². The number of fused-ring (bicyclic) bond motifs is 1. The normalized spacial score (nSPS) is 19.7. The third-order valence-corrected chi connectivity index (χ3v) is 2.28. The first-order valence-electron chi connectivity index (χ1n) is 4.52. The zero-order chi connectivity index (χ0) is 9.97. The highest BCUT2D eigenvalue weighted by molar-refractivity contribution is 5.89. The van der Waals surface area contributed by atoms with E-state index >= 15 is 0 Å². The summed E-state index contributed by atoms with van der Waals surface area (Å²) in [5.74, 6) is 0.703. The van der Waals surface area contributed by atoms with Gasteiger partial charge in [-0.15, -0.1) is 0 Å². The second-order valence-electron chi connectivity index (χ2n) is 3.26. The van der Waals surface area contributed by atoms with Gasteiger partial charge in [0.1, 0.15) is 12.0 Å². The average molecular weight is 190 g/mol. The summed E-state index contributed by atoms with van der Waals surface area (Å²) in [5.41, 5.74) is 0.902. The van der Waals surface area contributed by atoms with E-state index in [0.29, 0.717) is 6.42 Å². The Bertz CT molecular complexity index is 371. The molecule has 1 aliphatic heterocycles. The standard InChI is InChI=1S/C11H10O3/c12-6-5-11-9(13)7-8-3-1-2-4-10(8)14-11/h1-4,6,11H,5,7H2. The molecule has 1 atom stereocenters. The fourth-order valence-electron chi connectivity index (χ4n) is 1.55. The van der Waals surface area contributed by atoms with Crippen molar-refractivity contribution in [2.75, 3.05) is 0 Å². The van der Waals surface area contributed by atoms with Crippen LogP contribution in [-0.4, -0.2) is 18.2 Å². The molecule has 3 heteroatoms. The molecule has 0 saturated carbocycles. The van der Waals surface area contributed by atoms with Gasteiger partial charge in [0.25, 0.3) is 0 Å². The van der Waals surface area contributed by atoms with E-state index < -0.39 is 6.10 Å². The molecule has 0 aliphatic carbocycles. The van der Waals surface area contributed by atoms with Gasteiger partial charge in [-0.2, -0.15) is 0 Å². The van der Waals surface area contributed by atoms with Crippen LogP contribution >= 0.6 is 0 Å². The first-order chi connectivity index (χ1) is 6.81. The Labute approximate surface area is 81.7 Å². The number of hydrogen-bond acceptors (Lipinski definition) is 3.